The van der Waals surface area contributed by atoms with Gasteiger partial charge >= 0.3 is 0 Å². The van der Waals surface area contributed by atoms with Gasteiger partial charge in [-0.1, -0.05) is 15.9 Å². The summed E-state index contributed by atoms with van der Waals surface area (Å²) in [5.74, 6) is 1.42. The first-order valence-corrected chi connectivity index (χ1v) is 6.90. The molecule has 1 aromatic carbocycles. The van der Waals surface area contributed by atoms with Gasteiger partial charge in [0.15, 0.2) is 0 Å². The molecule has 0 amide bonds. The van der Waals surface area contributed by atoms with Crippen LogP contribution in [-0.4, -0.2) is 4.98 Å². The summed E-state index contributed by atoms with van der Waals surface area (Å²) in [5.41, 5.74) is 9.88. The van der Waals surface area contributed by atoms with Crippen molar-refractivity contribution in [2.45, 2.75) is 27.3 Å². The Labute approximate surface area is 121 Å². The van der Waals surface area contributed by atoms with Gasteiger partial charge in [-0.05, 0) is 55.7 Å². The molecular formula is C15H17BrN2O. The molecule has 0 radical (unpaired) electrons. The third kappa shape index (κ3) is 3.14. The summed E-state index contributed by atoms with van der Waals surface area (Å²) in [7, 11) is 0. The Morgan fingerprint density at radius 1 is 1.11 bits per heavy atom. The molecule has 0 spiro atoms. The summed E-state index contributed by atoms with van der Waals surface area (Å²) < 4.78 is 6.97. The Kier molecular flexibility index (Phi) is 4.22. The average molecular weight is 321 g/mol. The van der Waals surface area contributed by atoms with Gasteiger partial charge in [-0.25, -0.2) is 4.98 Å². The second-order valence-electron chi connectivity index (χ2n) is 4.64. The molecular weight excluding hydrogens is 304 g/mol. The van der Waals surface area contributed by atoms with Crippen molar-refractivity contribution in [1.82, 2.24) is 4.98 Å². The Morgan fingerprint density at radius 2 is 1.74 bits per heavy atom. The highest BCUT2D eigenvalue weighted by atomic mass is 79.9. The molecule has 0 saturated heterocycles. The van der Waals surface area contributed by atoms with E-state index in [-0.39, 0.29) is 0 Å². The zero-order valence-corrected chi connectivity index (χ0v) is 12.9. The molecule has 0 atom stereocenters. The van der Waals surface area contributed by atoms with Crippen molar-refractivity contribution < 1.29 is 4.74 Å². The number of hydrogen-bond acceptors (Lipinski definition) is 3. The van der Waals surface area contributed by atoms with Crippen LogP contribution in [0.3, 0.4) is 0 Å². The van der Waals surface area contributed by atoms with Crippen molar-refractivity contribution in [3.8, 4) is 11.6 Å². The molecule has 0 unspecified atom stereocenters. The fourth-order valence-electron chi connectivity index (χ4n) is 1.92. The van der Waals surface area contributed by atoms with Crippen molar-refractivity contribution in [2.24, 2.45) is 5.73 Å². The number of hydrogen-bond donors (Lipinski definition) is 1. The van der Waals surface area contributed by atoms with E-state index in [1.165, 1.54) is 0 Å². The minimum absolute atomic E-state index is 0.491. The Hall–Kier alpha value is -1.39. The van der Waals surface area contributed by atoms with E-state index in [2.05, 4.69) is 20.9 Å². The normalized spacial score (nSPS) is 10.6. The maximum Gasteiger partial charge on any atom is 0.222 e. The second kappa shape index (κ2) is 5.72. The Morgan fingerprint density at radius 3 is 2.26 bits per heavy atom. The maximum atomic E-state index is 5.85. The van der Waals surface area contributed by atoms with Gasteiger partial charge in [-0.2, -0.15) is 0 Å². The first-order valence-electron chi connectivity index (χ1n) is 6.11. The van der Waals surface area contributed by atoms with Crippen LogP contribution < -0.4 is 10.5 Å². The fraction of sp³-hybridized carbons (Fsp3) is 0.267. The van der Waals surface area contributed by atoms with Gasteiger partial charge < -0.3 is 10.5 Å². The van der Waals surface area contributed by atoms with E-state index < -0.39 is 0 Å². The van der Waals surface area contributed by atoms with Crippen LogP contribution in [0.5, 0.6) is 11.6 Å². The number of nitrogens with two attached hydrogens (primary N) is 1. The lowest BCUT2D eigenvalue weighted by Gasteiger charge is -2.11. The monoisotopic (exact) mass is 320 g/mol. The second-order valence-corrected chi connectivity index (χ2v) is 5.44. The molecule has 0 aliphatic carbocycles. The van der Waals surface area contributed by atoms with E-state index >= 15 is 0 Å². The molecule has 0 aliphatic rings. The minimum atomic E-state index is 0.491. The third-order valence-electron chi connectivity index (χ3n) is 2.95. The van der Waals surface area contributed by atoms with Crippen molar-refractivity contribution in [1.29, 1.82) is 0 Å². The van der Waals surface area contributed by atoms with Gasteiger partial charge in [0.25, 0.3) is 0 Å². The molecule has 19 heavy (non-hydrogen) atoms. The summed E-state index contributed by atoms with van der Waals surface area (Å²) in [5, 5.41) is 0. The summed E-state index contributed by atoms with van der Waals surface area (Å²) in [4.78, 5) is 4.31. The highest BCUT2D eigenvalue weighted by molar-refractivity contribution is 9.10. The van der Waals surface area contributed by atoms with Crippen LogP contribution in [0, 0.1) is 20.8 Å². The molecule has 0 aliphatic heterocycles. The zero-order chi connectivity index (χ0) is 14.0. The Bertz CT molecular complexity index is 588. The highest BCUT2D eigenvalue weighted by Crippen LogP contribution is 2.29. The van der Waals surface area contributed by atoms with E-state index in [4.69, 9.17) is 10.5 Å². The summed E-state index contributed by atoms with van der Waals surface area (Å²) >= 11 is 3.55. The summed E-state index contributed by atoms with van der Waals surface area (Å²) in [6.07, 6.45) is 1.75. The third-order valence-corrected chi connectivity index (χ3v) is 4.20. The highest BCUT2D eigenvalue weighted by Gasteiger charge is 2.07. The van der Waals surface area contributed by atoms with Crippen molar-refractivity contribution in [3.63, 3.8) is 0 Å². The van der Waals surface area contributed by atoms with Gasteiger partial charge in [-0.15, -0.1) is 0 Å². The molecule has 1 heterocycles. The largest absolute Gasteiger partial charge is 0.439 e. The lowest BCUT2D eigenvalue weighted by atomic mass is 10.1. The lowest BCUT2D eigenvalue weighted by molar-refractivity contribution is 0.457. The van der Waals surface area contributed by atoms with Gasteiger partial charge in [0, 0.05) is 22.8 Å². The molecule has 2 rings (SSSR count). The molecule has 0 fully saturated rings. The van der Waals surface area contributed by atoms with Crippen LogP contribution in [0.4, 0.5) is 0 Å². The van der Waals surface area contributed by atoms with Crippen molar-refractivity contribution in [3.05, 3.63) is 51.1 Å². The summed E-state index contributed by atoms with van der Waals surface area (Å²) in [6.45, 7) is 6.55. The van der Waals surface area contributed by atoms with Crippen molar-refractivity contribution in [2.75, 3.05) is 0 Å². The quantitative estimate of drug-likeness (QED) is 0.929. The fourth-order valence-corrected chi connectivity index (χ4v) is 2.14. The standard InChI is InChI=1S/C15H17BrN2O/c1-9-5-13(6-10(2)14(9)16)19-15-11(3)4-12(7-17)8-18-15/h4-6,8H,7,17H2,1-3H3. The van der Waals surface area contributed by atoms with E-state index in [0.717, 1.165) is 32.5 Å². The number of pyridine rings is 1. The van der Waals surface area contributed by atoms with Gasteiger partial charge in [-0.3, -0.25) is 0 Å². The lowest BCUT2D eigenvalue weighted by Crippen LogP contribution is -1.99. The van der Waals surface area contributed by atoms with Crippen LogP contribution in [0.1, 0.15) is 22.3 Å². The molecule has 0 saturated carbocycles. The molecule has 4 heteroatoms. The van der Waals surface area contributed by atoms with Crippen LogP contribution in [-0.2, 0) is 6.54 Å². The van der Waals surface area contributed by atoms with Gasteiger partial charge in [0.1, 0.15) is 5.75 Å². The van der Waals surface area contributed by atoms with E-state index in [1.807, 2.05) is 39.0 Å². The van der Waals surface area contributed by atoms with E-state index in [0.29, 0.717) is 12.4 Å². The predicted octanol–water partition coefficient (Wildman–Crippen LogP) is 4.02. The minimum Gasteiger partial charge on any atom is -0.439 e. The zero-order valence-electron chi connectivity index (χ0n) is 11.3. The molecule has 2 N–H and O–H groups in total. The van der Waals surface area contributed by atoms with Crippen LogP contribution >= 0.6 is 15.9 Å². The maximum absolute atomic E-state index is 5.85. The molecule has 3 nitrogen and oxygen atoms in total. The van der Waals surface area contributed by atoms with Gasteiger partial charge in [0.2, 0.25) is 5.88 Å². The van der Waals surface area contributed by atoms with Crippen molar-refractivity contribution >= 4 is 15.9 Å². The molecule has 0 bridgehead atoms. The van der Waals surface area contributed by atoms with E-state index in [1.54, 1.807) is 6.20 Å². The first kappa shape index (κ1) is 14.0. The topological polar surface area (TPSA) is 48.1 Å². The average Bonchev–Trinajstić information content (AvgIpc) is 2.38. The first-order chi connectivity index (χ1) is 9.01. The Balaban J connectivity index is 2.31. The molecule has 2 aromatic rings. The number of ether oxygens (including phenoxy) is 1. The van der Waals surface area contributed by atoms with Crippen LogP contribution in [0.25, 0.3) is 0 Å². The van der Waals surface area contributed by atoms with Crippen LogP contribution in [0.2, 0.25) is 0 Å². The number of aryl methyl sites for hydroxylation is 3. The SMILES string of the molecule is Cc1cc(CN)cnc1Oc1cc(C)c(Br)c(C)c1. The number of halogens is 1. The van der Waals surface area contributed by atoms with E-state index in [9.17, 15) is 0 Å². The molecule has 1 aromatic heterocycles. The number of aromatic nitrogens is 1. The number of rotatable bonds is 3. The van der Waals surface area contributed by atoms with Crippen LogP contribution in [0.15, 0.2) is 28.9 Å². The molecule has 100 valence electrons. The van der Waals surface area contributed by atoms with Gasteiger partial charge in [0.05, 0.1) is 0 Å². The predicted molar refractivity (Wildman–Crippen MR) is 80.6 cm³/mol. The number of benzene rings is 1. The smallest absolute Gasteiger partial charge is 0.222 e. The summed E-state index contributed by atoms with van der Waals surface area (Å²) in [6, 6.07) is 5.99. The number of nitrogens with zero attached hydrogens (tertiary/aromatic N) is 1.